The summed E-state index contributed by atoms with van der Waals surface area (Å²) in [5, 5.41) is 10.2. The molecule has 11 heteroatoms. The smallest absolute Gasteiger partial charge is 0.269 e. The molecule has 0 aliphatic heterocycles. The van der Waals surface area contributed by atoms with Crippen molar-refractivity contribution in [2.24, 2.45) is 11.1 Å². The maximum absolute atomic E-state index is 14.3. The molecule has 1 aliphatic carbocycles. The molecule has 0 spiro atoms. The number of anilines is 2. The van der Waals surface area contributed by atoms with Gasteiger partial charge in [-0.1, -0.05) is 13.0 Å². The van der Waals surface area contributed by atoms with Crippen molar-refractivity contribution in [3.05, 3.63) is 53.4 Å². The van der Waals surface area contributed by atoms with Crippen LogP contribution in [-0.4, -0.2) is 32.0 Å². The van der Waals surface area contributed by atoms with Crippen LogP contribution in [0.15, 0.2) is 30.5 Å². The van der Waals surface area contributed by atoms with Crippen molar-refractivity contribution in [1.82, 2.24) is 20.2 Å². The molecule has 6 N–H and O–H groups in total. The standard InChI is InChI=1S/C24H21F2N7O2/c1-10-3-4-15-12(9-29-33-15)17(10)19-18(27)20(21(28)34)32-22(31-19)11-7-13(25)14(26)8-16(11)30-23(35)24(2)5-6-24/h3-4,7-9H,5-6,27H2,1-2H3,(H2,28,34)(H,29,33)(H,30,35). The van der Waals surface area contributed by atoms with Crippen LogP contribution >= 0.6 is 0 Å². The number of carbonyl (C=O) groups is 2. The Morgan fingerprint density at radius 1 is 1.14 bits per heavy atom. The first-order valence-electron chi connectivity index (χ1n) is 10.8. The molecule has 2 heterocycles. The summed E-state index contributed by atoms with van der Waals surface area (Å²) in [7, 11) is 0. The highest BCUT2D eigenvalue weighted by Crippen LogP contribution is 2.46. The zero-order valence-corrected chi connectivity index (χ0v) is 18.9. The van der Waals surface area contributed by atoms with E-state index in [2.05, 4.69) is 25.5 Å². The van der Waals surface area contributed by atoms with Crippen molar-refractivity contribution >= 4 is 34.1 Å². The lowest BCUT2D eigenvalue weighted by Crippen LogP contribution is -2.22. The number of hydrogen-bond acceptors (Lipinski definition) is 6. The molecule has 0 atom stereocenters. The number of fused-ring (bicyclic) bond motifs is 1. The van der Waals surface area contributed by atoms with Crippen molar-refractivity contribution in [3.8, 4) is 22.6 Å². The molecule has 35 heavy (non-hydrogen) atoms. The number of carbonyl (C=O) groups excluding carboxylic acids is 2. The zero-order valence-electron chi connectivity index (χ0n) is 18.9. The third kappa shape index (κ3) is 3.74. The Labute approximate surface area is 197 Å². The van der Waals surface area contributed by atoms with Crippen LogP contribution in [0.1, 0.15) is 35.8 Å². The van der Waals surface area contributed by atoms with Crippen LogP contribution in [0.25, 0.3) is 33.5 Å². The number of amides is 2. The second kappa shape index (κ2) is 7.83. The number of hydrogen-bond donors (Lipinski definition) is 4. The van der Waals surface area contributed by atoms with E-state index in [4.69, 9.17) is 11.5 Å². The van der Waals surface area contributed by atoms with E-state index in [1.165, 1.54) is 0 Å². The molecule has 2 aromatic carbocycles. The molecule has 1 aliphatic rings. The number of aromatic nitrogens is 4. The lowest BCUT2D eigenvalue weighted by atomic mass is 9.99. The Bertz CT molecular complexity index is 1540. The van der Waals surface area contributed by atoms with Crippen molar-refractivity contribution in [2.45, 2.75) is 26.7 Å². The first-order valence-corrected chi connectivity index (χ1v) is 10.8. The summed E-state index contributed by atoms with van der Waals surface area (Å²) < 4.78 is 28.5. The number of nitrogen functional groups attached to an aromatic ring is 1. The van der Waals surface area contributed by atoms with Gasteiger partial charge in [-0.05, 0) is 37.5 Å². The van der Waals surface area contributed by atoms with E-state index in [0.29, 0.717) is 29.3 Å². The number of aromatic amines is 1. The molecular formula is C24H21F2N7O2. The minimum Gasteiger partial charge on any atom is -0.395 e. The molecule has 1 fully saturated rings. The second-order valence-corrected chi connectivity index (χ2v) is 8.94. The summed E-state index contributed by atoms with van der Waals surface area (Å²) in [5.74, 6) is -3.75. The Balaban J connectivity index is 1.76. The normalized spacial score (nSPS) is 14.2. The van der Waals surface area contributed by atoms with Crippen LogP contribution in [0.3, 0.4) is 0 Å². The Morgan fingerprint density at radius 3 is 2.54 bits per heavy atom. The fourth-order valence-corrected chi connectivity index (χ4v) is 3.93. The van der Waals surface area contributed by atoms with Crippen molar-refractivity contribution < 1.29 is 18.4 Å². The highest BCUT2D eigenvalue weighted by molar-refractivity contribution is 6.05. The number of nitrogens with zero attached hydrogens (tertiary/aromatic N) is 3. The predicted octanol–water partition coefficient (Wildman–Crippen LogP) is 3.69. The Kier molecular flexibility index (Phi) is 5.01. The van der Waals surface area contributed by atoms with Gasteiger partial charge in [0.15, 0.2) is 23.2 Å². The summed E-state index contributed by atoms with van der Waals surface area (Å²) in [5.41, 5.74) is 13.0. The molecule has 0 unspecified atom stereocenters. The number of primary amides is 1. The molecule has 4 aromatic rings. The van der Waals surface area contributed by atoms with Gasteiger partial charge in [0.1, 0.15) is 0 Å². The van der Waals surface area contributed by atoms with Gasteiger partial charge < -0.3 is 16.8 Å². The van der Waals surface area contributed by atoms with E-state index in [1.54, 1.807) is 13.1 Å². The van der Waals surface area contributed by atoms with E-state index in [1.807, 2.05) is 19.1 Å². The molecule has 5 rings (SSSR count). The maximum Gasteiger partial charge on any atom is 0.269 e. The van der Waals surface area contributed by atoms with Crippen LogP contribution < -0.4 is 16.8 Å². The van der Waals surface area contributed by atoms with E-state index in [9.17, 15) is 18.4 Å². The molecule has 0 bridgehead atoms. The predicted molar refractivity (Wildman–Crippen MR) is 126 cm³/mol. The van der Waals surface area contributed by atoms with Crippen molar-refractivity contribution in [2.75, 3.05) is 11.1 Å². The van der Waals surface area contributed by atoms with Crippen LogP contribution in [-0.2, 0) is 4.79 Å². The highest BCUT2D eigenvalue weighted by Gasteiger charge is 2.45. The van der Waals surface area contributed by atoms with E-state index >= 15 is 0 Å². The van der Waals surface area contributed by atoms with Gasteiger partial charge in [0.2, 0.25) is 5.91 Å². The number of H-pyrrole nitrogens is 1. The number of nitrogens with two attached hydrogens (primary N) is 2. The fraction of sp³-hybridized carbons (Fsp3) is 0.208. The maximum atomic E-state index is 14.3. The minimum atomic E-state index is -1.17. The molecule has 2 aromatic heterocycles. The van der Waals surface area contributed by atoms with Crippen LogP contribution in [0.5, 0.6) is 0 Å². The summed E-state index contributed by atoms with van der Waals surface area (Å²) in [6.07, 6.45) is 2.95. The van der Waals surface area contributed by atoms with Gasteiger partial charge in [-0.25, -0.2) is 18.7 Å². The summed E-state index contributed by atoms with van der Waals surface area (Å²) in [6.45, 7) is 3.60. The number of benzene rings is 2. The summed E-state index contributed by atoms with van der Waals surface area (Å²) >= 11 is 0. The second-order valence-electron chi connectivity index (χ2n) is 8.94. The number of halogens is 2. The topological polar surface area (TPSA) is 153 Å². The van der Waals surface area contributed by atoms with Crippen LogP contribution in [0, 0.1) is 24.0 Å². The molecule has 1 saturated carbocycles. The molecule has 178 valence electrons. The zero-order chi connectivity index (χ0) is 25.1. The SMILES string of the molecule is Cc1ccc2[nH]ncc2c1-c1nc(-c2cc(F)c(F)cc2NC(=O)C2(C)CC2)nc(C(N)=O)c1N. The Hall–Kier alpha value is -4.41. The Morgan fingerprint density at radius 2 is 1.86 bits per heavy atom. The molecular weight excluding hydrogens is 456 g/mol. The average molecular weight is 477 g/mol. The molecule has 2 amide bonds. The van der Waals surface area contributed by atoms with Crippen molar-refractivity contribution in [1.29, 1.82) is 0 Å². The van der Waals surface area contributed by atoms with Gasteiger partial charge in [0, 0.05) is 28.0 Å². The highest BCUT2D eigenvalue weighted by atomic mass is 19.2. The van der Waals surface area contributed by atoms with Gasteiger partial charge in [0.25, 0.3) is 5.91 Å². The van der Waals surface area contributed by atoms with Gasteiger partial charge >= 0.3 is 0 Å². The fourth-order valence-electron chi connectivity index (χ4n) is 3.93. The monoisotopic (exact) mass is 477 g/mol. The number of aryl methyl sites for hydroxylation is 1. The molecule has 0 saturated heterocycles. The third-order valence-corrected chi connectivity index (χ3v) is 6.35. The van der Waals surface area contributed by atoms with Crippen LogP contribution in [0.2, 0.25) is 0 Å². The summed E-state index contributed by atoms with van der Waals surface area (Å²) in [4.78, 5) is 33.6. The lowest BCUT2D eigenvalue weighted by Gasteiger charge is -2.17. The molecule has 0 radical (unpaired) electrons. The third-order valence-electron chi connectivity index (χ3n) is 6.35. The number of nitrogens with one attached hydrogen (secondary N) is 2. The van der Waals surface area contributed by atoms with Gasteiger partial charge in [-0.15, -0.1) is 0 Å². The average Bonchev–Trinajstić information content (AvgIpc) is 3.39. The van der Waals surface area contributed by atoms with Gasteiger partial charge in [-0.3, -0.25) is 14.7 Å². The van der Waals surface area contributed by atoms with E-state index in [-0.39, 0.29) is 40.1 Å². The van der Waals surface area contributed by atoms with Crippen LogP contribution in [0.4, 0.5) is 20.2 Å². The van der Waals surface area contributed by atoms with E-state index in [0.717, 1.165) is 17.7 Å². The minimum absolute atomic E-state index is 0.0257. The summed E-state index contributed by atoms with van der Waals surface area (Å²) in [6, 6.07) is 5.38. The number of rotatable bonds is 5. The molecule has 9 nitrogen and oxygen atoms in total. The first-order chi connectivity index (χ1) is 16.6. The lowest BCUT2D eigenvalue weighted by molar-refractivity contribution is -0.120. The van der Waals surface area contributed by atoms with Gasteiger partial charge in [-0.2, -0.15) is 5.10 Å². The first kappa shape index (κ1) is 22.4. The van der Waals surface area contributed by atoms with E-state index < -0.39 is 23.0 Å². The van der Waals surface area contributed by atoms with Gasteiger partial charge in [0.05, 0.1) is 28.8 Å². The van der Waals surface area contributed by atoms with Crippen molar-refractivity contribution in [3.63, 3.8) is 0 Å². The quantitative estimate of drug-likeness (QED) is 0.344. The largest absolute Gasteiger partial charge is 0.395 e.